The number of nitrogens with zero attached hydrogens (tertiary/aromatic N) is 1. The topological polar surface area (TPSA) is 40.5 Å². The van der Waals surface area contributed by atoms with Crippen LogP contribution in [-0.2, 0) is 10.2 Å². The van der Waals surface area contributed by atoms with E-state index < -0.39 is 30.0 Å². The summed E-state index contributed by atoms with van der Waals surface area (Å²) in [4.78, 5) is 14.1. The van der Waals surface area contributed by atoms with Crippen LogP contribution < -0.4 is 0 Å². The van der Waals surface area contributed by atoms with Gasteiger partial charge in [-0.15, -0.1) is 0 Å². The second-order valence-electron chi connectivity index (χ2n) is 6.45. The number of carbonyl (C=O) groups excluding carboxylic acids is 1. The number of piperidine rings is 1. The van der Waals surface area contributed by atoms with Gasteiger partial charge >= 0.3 is 6.18 Å². The zero-order valence-electron chi connectivity index (χ0n) is 13.0. The maximum absolute atomic E-state index is 12.8. The molecule has 1 aromatic rings. The van der Waals surface area contributed by atoms with Crippen molar-refractivity contribution in [3.8, 4) is 0 Å². The Hall–Kier alpha value is -1.27. The smallest absolute Gasteiger partial charge is 0.380 e. The Labute approximate surface area is 138 Å². The van der Waals surface area contributed by atoms with E-state index in [0.717, 1.165) is 5.56 Å². The maximum Gasteiger partial charge on any atom is 0.417 e. The molecule has 1 amide bonds. The number of carbonyl (C=O) groups is 1. The van der Waals surface area contributed by atoms with Crippen molar-refractivity contribution in [2.24, 2.45) is 0 Å². The molecule has 0 aliphatic carbocycles. The van der Waals surface area contributed by atoms with E-state index in [0.29, 0.717) is 5.02 Å². The van der Waals surface area contributed by atoms with Gasteiger partial charge in [-0.1, -0.05) is 23.7 Å². The number of likely N-dealkylation sites (tertiary alicyclic amines) is 1. The summed E-state index contributed by atoms with van der Waals surface area (Å²) in [7, 11) is 0. The Balaban J connectivity index is 2.11. The van der Waals surface area contributed by atoms with Crippen LogP contribution in [0.5, 0.6) is 0 Å². The number of aliphatic hydroxyl groups is 1. The van der Waals surface area contributed by atoms with Gasteiger partial charge in [0.25, 0.3) is 0 Å². The highest BCUT2D eigenvalue weighted by molar-refractivity contribution is 6.30. The fourth-order valence-corrected chi connectivity index (χ4v) is 2.87. The van der Waals surface area contributed by atoms with Gasteiger partial charge in [-0.05, 0) is 31.5 Å². The van der Waals surface area contributed by atoms with Gasteiger partial charge in [-0.25, -0.2) is 0 Å². The maximum atomic E-state index is 12.8. The first kappa shape index (κ1) is 18.1. The number of benzene rings is 1. The molecule has 128 valence electrons. The number of alkyl halides is 3. The zero-order valence-corrected chi connectivity index (χ0v) is 13.7. The molecule has 1 aliphatic heterocycles. The highest BCUT2D eigenvalue weighted by atomic mass is 35.5. The van der Waals surface area contributed by atoms with Gasteiger partial charge < -0.3 is 10.0 Å². The Morgan fingerprint density at radius 1 is 1.17 bits per heavy atom. The third kappa shape index (κ3) is 3.48. The average Bonchev–Trinajstić information content (AvgIpc) is 2.46. The van der Waals surface area contributed by atoms with E-state index >= 15 is 0 Å². The fourth-order valence-electron chi connectivity index (χ4n) is 2.75. The van der Waals surface area contributed by atoms with Crippen LogP contribution in [-0.4, -0.2) is 40.8 Å². The van der Waals surface area contributed by atoms with Crippen LogP contribution in [0.4, 0.5) is 13.2 Å². The summed E-state index contributed by atoms with van der Waals surface area (Å²) < 4.78 is 38.5. The lowest BCUT2D eigenvalue weighted by Gasteiger charge is -2.41. The second kappa shape index (κ2) is 5.98. The third-order valence-electron chi connectivity index (χ3n) is 4.51. The summed E-state index contributed by atoms with van der Waals surface area (Å²) in [5, 5.41) is 10.2. The van der Waals surface area contributed by atoms with Gasteiger partial charge in [0.05, 0.1) is 5.41 Å². The summed E-state index contributed by atoms with van der Waals surface area (Å²) in [5.74, 6) is -0.260. The summed E-state index contributed by atoms with van der Waals surface area (Å²) in [6.07, 6.45) is -5.67. The van der Waals surface area contributed by atoms with E-state index in [2.05, 4.69) is 0 Å². The molecule has 0 unspecified atom stereocenters. The van der Waals surface area contributed by atoms with Crippen LogP contribution >= 0.6 is 11.6 Å². The van der Waals surface area contributed by atoms with Gasteiger partial charge in [0, 0.05) is 31.0 Å². The molecule has 1 heterocycles. The van der Waals surface area contributed by atoms with E-state index in [4.69, 9.17) is 11.6 Å². The highest BCUT2D eigenvalue weighted by Crippen LogP contribution is 2.39. The van der Waals surface area contributed by atoms with Crippen LogP contribution in [0.15, 0.2) is 24.3 Å². The number of hydrogen-bond donors (Lipinski definition) is 1. The van der Waals surface area contributed by atoms with Crippen molar-refractivity contribution in [3.05, 3.63) is 34.9 Å². The molecule has 1 aromatic carbocycles. The van der Waals surface area contributed by atoms with Crippen LogP contribution in [0.1, 0.15) is 32.3 Å². The molecule has 2 rings (SSSR count). The minimum atomic E-state index is -4.67. The largest absolute Gasteiger partial charge is 0.417 e. The number of rotatable bonds is 2. The first-order chi connectivity index (χ1) is 10.5. The van der Waals surface area contributed by atoms with Crippen LogP contribution in [0.25, 0.3) is 0 Å². The Morgan fingerprint density at radius 3 is 2.09 bits per heavy atom. The quantitative estimate of drug-likeness (QED) is 0.887. The lowest BCUT2D eigenvalue weighted by molar-refractivity contribution is -0.272. The van der Waals surface area contributed by atoms with Crippen molar-refractivity contribution < 1.29 is 23.1 Å². The van der Waals surface area contributed by atoms with Crippen LogP contribution in [0, 0.1) is 0 Å². The van der Waals surface area contributed by atoms with E-state index in [-0.39, 0.29) is 19.0 Å². The molecule has 1 aliphatic rings. The first-order valence-electron chi connectivity index (χ1n) is 7.32. The van der Waals surface area contributed by atoms with E-state index in [1.807, 2.05) is 0 Å². The summed E-state index contributed by atoms with van der Waals surface area (Å²) >= 11 is 5.83. The Bertz CT molecular complexity index is 576. The van der Waals surface area contributed by atoms with Gasteiger partial charge in [-0.3, -0.25) is 4.79 Å². The molecule has 1 fully saturated rings. The van der Waals surface area contributed by atoms with Gasteiger partial charge in [-0.2, -0.15) is 13.2 Å². The number of halogens is 4. The minimum Gasteiger partial charge on any atom is -0.380 e. The number of hydrogen-bond acceptors (Lipinski definition) is 2. The minimum absolute atomic E-state index is 0.119. The molecular formula is C16H19ClF3NO2. The highest BCUT2D eigenvalue weighted by Gasteiger charge is 2.55. The van der Waals surface area contributed by atoms with Crippen molar-refractivity contribution in [1.82, 2.24) is 4.90 Å². The molecule has 23 heavy (non-hydrogen) atoms. The molecule has 0 aromatic heterocycles. The van der Waals surface area contributed by atoms with Gasteiger partial charge in [0.15, 0.2) is 5.60 Å². The normalized spacial score (nSPS) is 18.8. The molecule has 1 N–H and O–H groups in total. The van der Waals surface area contributed by atoms with E-state index in [9.17, 15) is 23.1 Å². The predicted molar refractivity (Wildman–Crippen MR) is 81.3 cm³/mol. The second-order valence-corrected chi connectivity index (χ2v) is 6.89. The van der Waals surface area contributed by atoms with Crippen LogP contribution in [0.2, 0.25) is 5.02 Å². The van der Waals surface area contributed by atoms with E-state index in [1.54, 1.807) is 38.1 Å². The Morgan fingerprint density at radius 2 is 1.65 bits per heavy atom. The molecule has 0 saturated carbocycles. The average molecular weight is 350 g/mol. The molecule has 0 atom stereocenters. The monoisotopic (exact) mass is 349 g/mol. The van der Waals surface area contributed by atoms with Crippen LogP contribution in [0.3, 0.4) is 0 Å². The summed E-state index contributed by atoms with van der Waals surface area (Å²) in [6.45, 7) is 3.21. The molecule has 3 nitrogen and oxygen atoms in total. The SMILES string of the molecule is CC(C)(C(=O)N1CCC(O)(C(F)(F)F)CC1)c1ccc(Cl)cc1. The Kier molecular flexibility index (Phi) is 4.70. The molecule has 7 heteroatoms. The lowest BCUT2D eigenvalue weighted by Crippen LogP contribution is -2.56. The zero-order chi connectivity index (χ0) is 17.5. The van der Waals surface area contributed by atoms with Crippen molar-refractivity contribution >= 4 is 17.5 Å². The summed E-state index contributed by atoms with van der Waals surface area (Å²) in [5.41, 5.74) is -2.84. The molecule has 0 radical (unpaired) electrons. The first-order valence-corrected chi connectivity index (χ1v) is 7.70. The molecule has 1 saturated heterocycles. The number of amides is 1. The molecule has 0 spiro atoms. The van der Waals surface area contributed by atoms with Gasteiger partial charge in [0.2, 0.25) is 5.91 Å². The van der Waals surface area contributed by atoms with Gasteiger partial charge in [0.1, 0.15) is 0 Å². The predicted octanol–water partition coefficient (Wildman–Crippen LogP) is 3.53. The third-order valence-corrected chi connectivity index (χ3v) is 4.76. The van der Waals surface area contributed by atoms with Crippen molar-refractivity contribution in [1.29, 1.82) is 0 Å². The fraction of sp³-hybridized carbons (Fsp3) is 0.562. The molecular weight excluding hydrogens is 331 g/mol. The molecule has 0 bridgehead atoms. The van der Waals surface area contributed by atoms with E-state index in [1.165, 1.54) is 4.90 Å². The van der Waals surface area contributed by atoms with Crippen molar-refractivity contribution in [2.45, 2.75) is 43.9 Å². The standard InChI is InChI=1S/C16H19ClF3NO2/c1-14(2,11-3-5-12(17)6-4-11)13(22)21-9-7-15(23,8-10-21)16(18,19)20/h3-6,23H,7-10H2,1-2H3. The lowest BCUT2D eigenvalue weighted by atomic mass is 9.81. The van der Waals surface area contributed by atoms with Crippen molar-refractivity contribution in [3.63, 3.8) is 0 Å². The summed E-state index contributed by atoms with van der Waals surface area (Å²) in [6, 6.07) is 6.81. The van der Waals surface area contributed by atoms with Crippen molar-refractivity contribution in [2.75, 3.05) is 13.1 Å².